The molecule has 1 heterocycles. The normalized spacial score (nSPS) is 25.9. The summed E-state index contributed by atoms with van der Waals surface area (Å²) in [5.41, 5.74) is -0.189. The lowest BCUT2D eigenvalue weighted by molar-refractivity contribution is -0.144. The number of rotatable bonds is 4. The zero-order chi connectivity index (χ0) is 14.6. The van der Waals surface area contributed by atoms with Gasteiger partial charge in [-0.25, -0.2) is 0 Å². The van der Waals surface area contributed by atoms with Gasteiger partial charge in [0.15, 0.2) is 0 Å². The van der Waals surface area contributed by atoms with Gasteiger partial charge in [-0.15, -0.1) is 0 Å². The van der Waals surface area contributed by atoms with Crippen molar-refractivity contribution in [2.24, 2.45) is 16.3 Å². The molecule has 1 aliphatic rings. The van der Waals surface area contributed by atoms with E-state index in [0.717, 1.165) is 5.56 Å². The monoisotopic (exact) mass is 268 g/mol. The second kappa shape index (κ2) is 5.70. The van der Waals surface area contributed by atoms with Gasteiger partial charge in [-0.1, -0.05) is 37.3 Å². The van der Waals surface area contributed by atoms with Gasteiger partial charge in [0.05, 0.1) is 12.0 Å². The van der Waals surface area contributed by atoms with Crippen molar-refractivity contribution in [2.75, 3.05) is 0 Å². The number of carboxylic acid groups (broad SMARTS) is 1. The molecule has 0 amide bonds. The molecule has 102 valence electrons. The van der Waals surface area contributed by atoms with E-state index in [1.54, 1.807) is 19.2 Å². The predicted octanol–water partition coefficient (Wildman–Crippen LogP) is 2.99. The Kier molecular flexibility index (Phi) is 3.99. The first-order valence-corrected chi connectivity index (χ1v) is 6.55. The van der Waals surface area contributed by atoms with Gasteiger partial charge in [0.1, 0.15) is 5.41 Å². The number of nitriles is 1. The highest BCUT2D eigenvalue weighted by Crippen LogP contribution is 2.45. The van der Waals surface area contributed by atoms with Crippen LogP contribution >= 0.6 is 0 Å². The van der Waals surface area contributed by atoms with Crippen molar-refractivity contribution in [3.8, 4) is 6.07 Å². The van der Waals surface area contributed by atoms with Crippen molar-refractivity contribution in [1.29, 1.82) is 5.26 Å². The maximum atomic E-state index is 11.5. The highest BCUT2D eigenvalue weighted by Gasteiger charge is 2.48. The van der Waals surface area contributed by atoms with E-state index in [9.17, 15) is 15.2 Å². The van der Waals surface area contributed by atoms with Crippen molar-refractivity contribution in [3.63, 3.8) is 0 Å². The van der Waals surface area contributed by atoms with Crippen LogP contribution in [0.15, 0.2) is 47.6 Å². The Labute approximate surface area is 118 Å². The van der Waals surface area contributed by atoms with Crippen LogP contribution in [0.5, 0.6) is 0 Å². The Balaban J connectivity index is 2.54. The average molecular weight is 268 g/mol. The van der Waals surface area contributed by atoms with Gasteiger partial charge in [0.25, 0.3) is 0 Å². The zero-order valence-electron chi connectivity index (χ0n) is 11.2. The molecule has 20 heavy (non-hydrogen) atoms. The average Bonchev–Trinajstić information content (AvgIpc) is 2.48. The minimum Gasteiger partial charge on any atom is -0.481 e. The van der Waals surface area contributed by atoms with Crippen molar-refractivity contribution in [3.05, 3.63) is 48.2 Å². The number of carbonyl (C=O) groups is 1. The Hall–Kier alpha value is -2.41. The van der Waals surface area contributed by atoms with Gasteiger partial charge in [0, 0.05) is 18.3 Å². The summed E-state index contributed by atoms with van der Waals surface area (Å²) in [6, 6.07) is 11.7. The summed E-state index contributed by atoms with van der Waals surface area (Å²) >= 11 is 0. The Morgan fingerprint density at radius 1 is 1.50 bits per heavy atom. The largest absolute Gasteiger partial charge is 0.481 e. The molecule has 1 N–H and O–H groups in total. The highest BCUT2D eigenvalue weighted by molar-refractivity contribution is 5.79. The lowest BCUT2D eigenvalue weighted by atomic mass is 9.64. The van der Waals surface area contributed by atoms with Gasteiger partial charge >= 0.3 is 5.97 Å². The zero-order valence-corrected chi connectivity index (χ0v) is 11.2. The molecule has 0 radical (unpaired) electrons. The van der Waals surface area contributed by atoms with Crippen LogP contribution in [0, 0.1) is 22.7 Å². The molecule has 4 nitrogen and oxygen atoms in total. The van der Waals surface area contributed by atoms with Gasteiger partial charge in [-0.05, 0) is 18.1 Å². The number of hydrogen-bond acceptors (Lipinski definition) is 3. The molecule has 0 saturated heterocycles. The van der Waals surface area contributed by atoms with E-state index in [4.69, 9.17) is 0 Å². The van der Waals surface area contributed by atoms with Gasteiger partial charge < -0.3 is 5.11 Å². The molecule has 3 atom stereocenters. The van der Waals surface area contributed by atoms with Crippen LogP contribution in [0.3, 0.4) is 0 Å². The van der Waals surface area contributed by atoms with E-state index in [1.807, 2.05) is 30.3 Å². The third kappa shape index (κ3) is 2.23. The molecule has 0 aliphatic carbocycles. The molecular formula is C16H16N2O2. The highest BCUT2D eigenvalue weighted by atomic mass is 16.4. The lowest BCUT2D eigenvalue weighted by Crippen LogP contribution is -2.40. The van der Waals surface area contributed by atoms with Crippen LogP contribution in [0.25, 0.3) is 0 Å². The van der Waals surface area contributed by atoms with Gasteiger partial charge in [0.2, 0.25) is 0 Å². The first-order chi connectivity index (χ1) is 9.65. The van der Waals surface area contributed by atoms with Crippen LogP contribution in [0.4, 0.5) is 0 Å². The third-order valence-electron chi connectivity index (χ3n) is 3.82. The predicted molar refractivity (Wildman–Crippen MR) is 76.3 cm³/mol. The number of benzene rings is 1. The molecule has 1 aliphatic heterocycles. The molecule has 0 fully saturated rings. The van der Waals surface area contributed by atoms with Crippen LogP contribution in [0.1, 0.15) is 24.8 Å². The minimum atomic E-state index is -1.09. The summed E-state index contributed by atoms with van der Waals surface area (Å²) < 4.78 is 0. The Morgan fingerprint density at radius 2 is 2.20 bits per heavy atom. The molecule has 1 aromatic rings. The van der Waals surface area contributed by atoms with E-state index in [1.165, 1.54) is 6.20 Å². The number of aliphatic carboxylic acids is 1. The van der Waals surface area contributed by atoms with Gasteiger partial charge in [-0.2, -0.15) is 5.26 Å². The Morgan fingerprint density at radius 3 is 2.75 bits per heavy atom. The maximum absolute atomic E-state index is 11.5. The summed E-state index contributed by atoms with van der Waals surface area (Å²) in [7, 11) is 0. The van der Waals surface area contributed by atoms with Crippen molar-refractivity contribution >= 4 is 12.2 Å². The van der Waals surface area contributed by atoms with Crippen LogP contribution < -0.4 is 0 Å². The molecule has 0 saturated carbocycles. The SMILES string of the molecule is CCC(C(=O)O)C1(C#N)C=CN=CC1c1ccccc1. The fourth-order valence-electron chi connectivity index (χ4n) is 2.79. The summed E-state index contributed by atoms with van der Waals surface area (Å²) in [5.74, 6) is -2.06. The fraction of sp³-hybridized carbons (Fsp3) is 0.312. The number of nitrogens with zero attached hydrogens (tertiary/aromatic N) is 2. The Bertz CT molecular complexity index is 586. The number of hydrogen-bond donors (Lipinski definition) is 1. The molecule has 0 bridgehead atoms. The fourth-order valence-corrected chi connectivity index (χ4v) is 2.79. The first-order valence-electron chi connectivity index (χ1n) is 6.55. The molecule has 0 aromatic heterocycles. The number of allylic oxidation sites excluding steroid dienone is 1. The second-order valence-corrected chi connectivity index (χ2v) is 4.85. The second-order valence-electron chi connectivity index (χ2n) is 4.85. The summed E-state index contributed by atoms with van der Waals surface area (Å²) in [6.45, 7) is 1.79. The van der Waals surface area contributed by atoms with Crippen molar-refractivity contribution in [2.45, 2.75) is 19.3 Å². The lowest BCUT2D eigenvalue weighted by Gasteiger charge is -2.36. The van der Waals surface area contributed by atoms with Gasteiger partial charge in [-0.3, -0.25) is 9.79 Å². The molecule has 2 rings (SSSR count). The molecule has 1 aromatic carbocycles. The molecular weight excluding hydrogens is 252 g/mol. The van der Waals surface area contributed by atoms with E-state index < -0.39 is 17.3 Å². The van der Waals surface area contributed by atoms with Crippen LogP contribution in [-0.2, 0) is 4.79 Å². The molecule has 3 unspecified atom stereocenters. The quantitative estimate of drug-likeness (QED) is 0.912. The summed E-state index contributed by atoms with van der Waals surface area (Å²) in [4.78, 5) is 15.6. The van der Waals surface area contributed by atoms with E-state index >= 15 is 0 Å². The maximum Gasteiger partial charge on any atom is 0.308 e. The standard InChI is InChI=1S/C16H16N2O2/c1-2-13(15(19)20)16(11-17)8-9-18-10-14(16)12-6-4-3-5-7-12/h3-10,13-14H,2H2,1H3,(H,19,20). The van der Waals surface area contributed by atoms with Crippen molar-refractivity contribution in [1.82, 2.24) is 0 Å². The third-order valence-corrected chi connectivity index (χ3v) is 3.82. The molecule has 4 heteroatoms. The van der Waals surface area contributed by atoms with Crippen LogP contribution in [0.2, 0.25) is 0 Å². The number of aliphatic imine (C=N–C) groups is 1. The molecule has 0 spiro atoms. The van der Waals surface area contributed by atoms with E-state index in [2.05, 4.69) is 11.1 Å². The first kappa shape index (κ1) is 14.0. The summed E-state index contributed by atoms with van der Waals surface area (Å²) in [6.07, 6.45) is 5.22. The summed E-state index contributed by atoms with van der Waals surface area (Å²) in [5, 5.41) is 19.2. The topological polar surface area (TPSA) is 73.4 Å². The minimum absolute atomic E-state index is 0.347. The smallest absolute Gasteiger partial charge is 0.308 e. The van der Waals surface area contributed by atoms with E-state index in [0.29, 0.717) is 6.42 Å². The van der Waals surface area contributed by atoms with Crippen molar-refractivity contribution < 1.29 is 9.90 Å². The number of carboxylic acids is 1. The van der Waals surface area contributed by atoms with Crippen LogP contribution in [-0.4, -0.2) is 17.3 Å². The van der Waals surface area contributed by atoms with E-state index in [-0.39, 0.29) is 5.92 Å².